The Labute approximate surface area is 114 Å². The van der Waals surface area contributed by atoms with E-state index in [1.165, 1.54) is 0 Å². The topological polar surface area (TPSA) is 32.3 Å². The fraction of sp³-hybridized carbons (Fsp3) is 0.692. The van der Waals surface area contributed by atoms with E-state index in [-0.39, 0.29) is 5.54 Å². The molecule has 1 aliphatic rings. The molecule has 4 nitrogen and oxygen atoms in total. The second-order valence-corrected chi connectivity index (χ2v) is 5.91. The van der Waals surface area contributed by atoms with Crippen LogP contribution < -0.4 is 4.90 Å². The molecule has 1 fully saturated rings. The first-order valence-corrected chi connectivity index (χ1v) is 6.91. The van der Waals surface area contributed by atoms with E-state index in [9.17, 15) is 0 Å². The molecule has 0 aromatic carbocycles. The van der Waals surface area contributed by atoms with Crippen molar-refractivity contribution in [1.29, 1.82) is 0 Å². The smallest absolute Gasteiger partial charge is 0.147 e. The molecule has 100 valence electrons. The Morgan fingerprint density at radius 3 is 2.22 bits per heavy atom. The minimum Gasteiger partial charge on any atom is -0.353 e. The van der Waals surface area contributed by atoms with Crippen LogP contribution in [0.3, 0.4) is 0 Å². The zero-order valence-electron chi connectivity index (χ0n) is 11.4. The van der Waals surface area contributed by atoms with E-state index in [2.05, 4.69) is 40.5 Å². The molecule has 0 amide bonds. The van der Waals surface area contributed by atoms with Gasteiger partial charge in [-0.05, 0) is 20.8 Å². The van der Waals surface area contributed by atoms with Gasteiger partial charge in [0.2, 0.25) is 0 Å². The van der Waals surface area contributed by atoms with Crippen molar-refractivity contribution < 1.29 is 0 Å². The van der Waals surface area contributed by atoms with Gasteiger partial charge < -0.3 is 4.90 Å². The maximum Gasteiger partial charge on any atom is 0.147 e. The van der Waals surface area contributed by atoms with Crippen LogP contribution in [0, 0.1) is 0 Å². The molecule has 2 rings (SSSR count). The summed E-state index contributed by atoms with van der Waals surface area (Å²) < 4.78 is 0. The van der Waals surface area contributed by atoms with E-state index in [1.54, 1.807) is 6.20 Å². The molecule has 0 N–H and O–H groups in total. The van der Waals surface area contributed by atoms with Crippen molar-refractivity contribution in [1.82, 2.24) is 14.9 Å². The minimum atomic E-state index is 0.250. The first kappa shape index (κ1) is 13.6. The van der Waals surface area contributed by atoms with Gasteiger partial charge in [-0.25, -0.2) is 4.98 Å². The second kappa shape index (κ2) is 5.41. The number of aromatic nitrogens is 2. The van der Waals surface area contributed by atoms with E-state index in [1.807, 2.05) is 6.20 Å². The van der Waals surface area contributed by atoms with Gasteiger partial charge in [0.1, 0.15) is 5.82 Å². The van der Waals surface area contributed by atoms with E-state index < -0.39 is 0 Å². The molecular weight excluding hydrogens is 248 g/mol. The second-order valence-electron chi connectivity index (χ2n) is 5.64. The van der Waals surface area contributed by atoms with Crippen LogP contribution in [0.15, 0.2) is 12.4 Å². The summed E-state index contributed by atoms with van der Waals surface area (Å²) in [5.74, 6) is 1.38. The Kier molecular flexibility index (Phi) is 4.07. The summed E-state index contributed by atoms with van der Waals surface area (Å²) >= 11 is 5.71. The fourth-order valence-electron chi connectivity index (χ4n) is 2.19. The first-order chi connectivity index (χ1) is 8.50. The number of hydrogen-bond acceptors (Lipinski definition) is 4. The summed E-state index contributed by atoms with van der Waals surface area (Å²) in [4.78, 5) is 13.5. The summed E-state index contributed by atoms with van der Waals surface area (Å²) in [7, 11) is 0. The van der Waals surface area contributed by atoms with Crippen molar-refractivity contribution in [2.24, 2.45) is 0 Å². The van der Waals surface area contributed by atoms with Gasteiger partial charge >= 0.3 is 0 Å². The number of halogens is 1. The van der Waals surface area contributed by atoms with Gasteiger partial charge in [0.15, 0.2) is 0 Å². The van der Waals surface area contributed by atoms with Gasteiger partial charge in [0.05, 0.1) is 24.0 Å². The molecule has 0 aliphatic carbocycles. The molecular formula is C13H21ClN4. The van der Waals surface area contributed by atoms with Gasteiger partial charge in [-0.2, -0.15) is 0 Å². The van der Waals surface area contributed by atoms with Gasteiger partial charge in [-0.3, -0.25) is 9.88 Å². The van der Waals surface area contributed by atoms with Gasteiger partial charge in [0.25, 0.3) is 0 Å². The molecule has 18 heavy (non-hydrogen) atoms. The Hall–Kier alpha value is -0.870. The summed E-state index contributed by atoms with van der Waals surface area (Å²) in [6.45, 7) is 10.9. The quantitative estimate of drug-likeness (QED) is 0.770. The SMILES string of the molecule is CC(C)(C)N1CCN(c2cnc(CCl)cn2)CC1. The monoisotopic (exact) mass is 268 g/mol. The number of piperazine rings is 1. The number of nitrogens with zero attached hydrogens (tertiary/aromatic N) is 4. The molecule has 1 aliphatic heterocycles. The summed E-state index contributed by atoms with van der Waals surface area (Å²) in [6.07, 6.45) is 3.59. The molecule has 0 unspecified atom stereocenters. The third kappa shape index (κ3) is 3.12. The van der Waals surface area contributed by atoms with Crippen LogP contribution in [-0.2, 0) is 5.88 Å². The Balaban J connectivity index is 1.96. The fourth-order valence-corrected chi connectivity index (χ4v) is 2.32. The maximum atomic E-state index is 5.71. The first-order valence-electron chi connectivity index (χ1n) is 6.37. The van der Waals surface area contributed by atoms with Crippen molar-refractivity contribution in [2.75, 3.05) is 31.1 Å². The van der Waals surface area contributed by atoms with Crippen molar-refractivity contribution in [3.63, 3.8) is 0 Å². The summed E-state index contributed by atoms with van der Waals surface area (Å²) in [6, 6.07) is 0. The van der Waals surface area contributed by atoms with Crippen molar-refractivity contribution in [3.8, 4) is 0 Å². The zero-order chi connectivity index (χ0) is 13.2. The van der Waals surface area contributed by atoms with Crippen LogP contribution >= 0.6 is 11.6 Å². The third-order valence-electron chi connectivity index (χ3n) is 3.38. The highest BCUT2D eigenvalue weighted by molar-refractivity contribution is 6.16. The Bertz CT molecular complexity index is 377. The van der Waals surface area contributed by atoms with Gasteiger partial charge in [-0.1, -0.05) is 0 Å². The van der Waals surface area contributed by atoms with Crippen molar-refractivity contribution >= 4 is 17.4 Å². The van der Waals surface area contributed by atoms with Gasteiger partial charge in [-0.15, -0.1) is 11.6 Å². The lowest BCUT2D eigenvalue weighted by Crippen LogP contribution is -2.53. The minimum absolute atomic E-state index is 0.250. The van der Waals surface area contributed by atoms with Crippen molar-refractivity contribution in [3.05, 3.63) is 18.1 Å². The van der Waals surface area contributed by atoms with Crippen LogP contribution in [0.4, 0.5) is 5.82 Å². The average Bonchev–Trinajstić information content (AvgIpc) is 2.38. The molecule has 0 bridgehead atoms. The summed E-state index contributed by atoms with van der Waals surface area (Å²) in [5.41, 5.74) is 1.08. The highest BCUT2D eigenvalue weighted by Gasteiger charge is 2.26. The van der Waals surface area contributed by atoms with Crippen LogP contribution in [-0.4, -0.2) is 46.6 Å². The standard InChI is InChI=1S/C13H21ClN4/c1-13(2,3)18-6-4-17(5-7-18)12-10-15-11(8-14)9-16-12/h9-10H,4-8H2,1-3H3. The highest BCUT2D eigenvalue weighted by atomic mass is 35.5. The predicted molar refractivity (Wildman–Crippen MR) is 75.1 cm³/mol. The van der Waals surface area contributed by atoms with Gasteiger partial charge in [0, 0.05) is 31.7 Å². The number of alkyl halides is 1. The third-order valence-corrected chi connectivity index (χ3v) is 3.65. The van der Waals surface area contributed by atoms with E-state index in [4.69, 9.17) is 11.6 Å². The van der Waals surface area contributed by atoms with E-state index in [0.29, 0.717) is 5.88 Å². The Morgan fingerprint density at radius 1 is 1.11 bits per heavy atom. The molecule has 5 heteroatoms. The number of rotatable bonds is 2. The largest absolute Gasteiger partial charge is 0.353 e. The van der Waals surface area contributed by atoms with Crippen LogP contribution in [0.1, 0.15) is 26.5 Å². The lowest BCUT2D eigenvalue weighted by Gasteiger charge is -2.42. The van der Waals surface area contributed by atoms with Crippen molar-refractivity contribution in [2.45, 2.75) is 32.2 Å². The van der Waals surface area contributed by atoms with Crippen LogP contribution in [0.2, 0.25) is 0 Å². The normalized spacial score (nSPS) is 18.1. The van der Waals surface area contributed by atoms with Crippen LogP contribution in [0.5, 0.6) is 0 Å². The van der Waals surface area contributed by atoms with E-state index in [0.717, 1.165) is 37.7 Å². The lowest BCUT2D eigenvalue weighted by molar-refractivity contribution is 0.128. The predicted octanol–water partition coefficient (Wildman–Crippen LogP) is 2.14. The molecule has 0 saturated carbocycles. The van der Waals surface area contributed by atoms with E-state index >= 15 is 0 Å². The zero-order valence-corrected chi connectivity index (χ0v) is 12.1. The molecule has 1 aromatic rings. The average molecular weight is 269 g/mol. The molecule has 1 aromatic heterocycles. The molecule has 0 atom stereocenters. The maximum absolute atomic E-state index is 5.71. The summed E-state index contributed by atoms with van der Waals surface area (Å²) in [5, 5.41) is 0. The number of anilines is 1. The molecule has 2 heterocycles. The van der Waals surface area contributed by atoms with Crippen LogP contribution in [0.25, 0.3) is 0 Å². The molecule has 1 saturated heterocycles. The molecule has 0 radical (unpaired) electrons. The lowest BCUT2D eigenvalue weighted by atomic mass is 10.1. The number of hydrogen-bond donors (Lipinski definition) is 0. The molecule has 0 spiro atoms. The highest BCUT2D eigenvalue weighted by Crippen LogP contribution is 2.18. The Morgan fingerprint density at radius 2 is 1.78 bits per heavy atom.